The average Bonchev–Trinajstić information content (AvgIpc) is 3.03. The van der Waals surface area contributed by atoms with E-state index in [4.69, 9.17) is 18.6 Å². The van der Waals surface area contributed by atoms with Crippen LogP contribution in [0.3, 0.4) is 0 Å². The van der Waals surface area contributed by atoms with Crippen LogP contribution in [-0.2, 0) is 14.4 Å². The van der Waals surface area contributed by atoms with Gasteiger partial charge >= 0.3 is 0 Å². The minimum Gasteiger partial charge on any atom is -0.370 e. The number of nitrogens with one attached hydrogen (secondary N) is 1. The van der Waals surface area contributed by atoms with E-state index in [0.29, 0.717) is 12.5 Å². The number of benzene rings is 1. The van der Waals surface area contributed by atoms with Gasteiger partial charge in [-0.3, -0.25) is 14.4 Å². The average molecular weight is 653 g/mol. The number of nitrogens with two attached hydrogens (primary N) is 1. The van der Waals surface area contributed by atoms with Crippen LogP contribution < -0.4 is 11.1 Å². The van der Waals surface area contributed by atoms with Crippen LogP contribution in [0, 0.1) is 43.4 Å². The fourth-order valence-corrected chi connectivity index (χ4v) is 4.37. The lowest BCUT2D eigenvalue weighted by Gasteiger charge is -2.19. The molecule has 1 aliphatic rings. The topological polar surface area (TPSA) is 95.7 Å². The molecule has 3 N–H and O–H groups in total. The zero-order valence-electron chi connectivity index (χ0n) is 31.2. The number of carbonyl (C=O) groups excluding carboxylic acids is 3. The number of aryl methyl sites for hydroxylation is 1. The van der Waals surface area contributed by atoms with E-state index in [-0.39, 0.29) is 24.7 Å². The highest BCUT2D eigenvalue weighted by molar-refractivity contribution is 5.82. The van der Waals surface area contributed by atoms with Gasteiger partial charge in [-0.2, -0.15) is 0 Å². The maximum Gasteiger partial charge on any atom is 0.222 e. The number of hydrogen-bond donors (Lipinski definition) is 2. The van der Waals surface area contributed by atoms with Crippen LogP contribution in [0.2, 0.25) is 0 Å². The first-order valence-corrected chi connectivity index (χ1v) is 17.3. The second-order valence-corrected chi connectivity index (χ2v) is 12.3. The number of primary amides is 1. The Morgan fingerprint density at radius 1 is 1.02 bits per heavy atom. The Bertz CT molecular complexity index is 1000. The summed E-state index contributed by atoms with van der Waals surface area (Å²) in [7, 11) is 5.62. The van der Waals surface area contributed by atoms with Gasteiger partial charge in [0.05, 0.1) is 0 Å². The lowest BCUT2D eigenvalue weighted by Crippen LogP contribution is -2.33. The standard InChI is InChI=1S/C12H21NO.C9H19N3O2.C7H14.C7H8.C5H6/c1-4-6-7-9-12(8-5-2)10-13-11(3)14;1-11(2)6-7-12(3)9(14)5-4-8(10)13;2*1-7-5-3-2-4-6-7;1-3-5-4-2/h1,12H,5-10H2,2-3H3,(H,13,14);4-7H2,1-3H3,(H2,10,13);7H,2-6H2,1H3;2-6H,1H3;1,4-5H,2H3/b;;;;5-4+. The molecule has 3 amide bonds. The van der Waals surface area contributed by atoms with Crippen LogP contribution in [-0.4, -0.2) is 68.3 Å². The first kappa shape index (κ1) is 47.9. The van der Waals surface area contributed by atoms with Gasteiger partial charge in [-0.05, 0) is 65.1 Å². The van der Waals surface area contributed by atoms with Crippen molar-refractivity contribution in [1.82, 2.24) is 15.1 Å². The van der Waals surface area contributed by atoms with Gasteiger partial charge in [0.15, 0.2) is 0 Å². The lowest BCUT2D eigenvalue weighted by atomic mass is 9.91. The second-order valence-electron chi connectivity index (χ2n) is 12.3. The fraction of sp³-hybridized carbons (Fsp3) is 0.625. The molecule has 1 aliphatic carbocycles. The Morgan fingerprint density at radius 2 is 1.64 bits per heavy atom. The van der Waals surface area contributed by atoms with Crippen molar-refractivity contribution in [2.24, 2.45) is 17.6 Å². The van der Waals surface area contributed by atoms with E-state index in [2.05, 4.69) is 50.1 Å². The maximum absolute atomic E-state index is 11.4. The molecule has 1 aromatic carbocycles. The van der Waals surface area contributed by atoms with Gasteiger partial charge in [0.2, 0.25) is 17.7 Å². The predicted molar refractivity (Wildman–Crippen MR) is 201 cm³/mol. The third-order valence-corrected chi connectivity index (χ3v) is 7.26. The van der Waals surface area contributed by atoms with Gasteiger partial charge in [0, 0.05) is 52.9 Å². The number of carbonyl (C=O) groups is 3. The minimum absolute atomic E-state index is 0.0364. The zero-order chi connectivity index (χ0) is 36.3. The third-order valence-electron chi connectivity index (χ3n) is 7.26. The van der Waals surface area contributed by atoms with E-state index in [1.807, 2.05) is 50.2 Å². The second kappa shape index (κ2) is 35.3. The van der Waals surface area contributed by atoms with E-state index in [1.54, 1.807) is 24.9 Å². The molecule has 0 aromatic heterocycles. The highest BCUT2D eigenvalue weighted by Gasteiger charge is 2.10. The number of unbranched alkanes of at least 4 members (excludes halogenated alkanes) is 1. The number of nitrogens with zero attached hydrogens (tertiary/aromatic N) is 2. The van der Waals surface area contributed by atoms with Gasteiger partial charge < -0.3 is 20.9 Å². The number of amides is 3. The van der Waals surface area contributed by atoms with Crippen molar-refractivity contribution in [3.05, 3.63) is 48.0 Å². The number of rotatable bonds is 13. The molecule has 0 spiro atoms. The Balaban J connectivity index is -0.000000543. The van der Waals surface area contributed by atoms with E-state index in [9.17, 15) is 14.4 Å². The van der Waals surface area contributed by atoms with Crippen LogP contribution in [0.25, 0.3) is 0 Å². The SMILES string of the molecule is C#C/C=C/C.C#CCCCC(CCC)CNC(C)=O.CC1CCCCC1.CN(C)CCN(C)C(=O)CCC(N)=O.Cc1ccccc1. The molecule has 1 saturated carbocycles. The van der Waals surface area contributed by atoms with E-state index in [0.717, 1.165) is 38.3 Å². The summed E-state index contributed by atoms with van der Waals surface area (Å²) in [6, 6.07) is 10.3. The molecular formula is C40H68N4O3. The summed E-state index contributed by atoms with van der Waals surface area (Å²) < 4.78 is 0. The Hall–Kier alpha value is -3.55. The minimum atomic E-state index is -0.431. The summed E-state index contributed by atoms with van der Waals surface area (Å²) in [5.41, 5.74) is 6.27. The van der Waals surface area contributed by atoms with Gasteiger partial charge in [0.25, 0.3) is 0 Å². The first-order chi connectivity index (χ1) is 22.3. The smallest absolute Gasteiger partial charge is 0.222 e. The van der Waals surface area contributed by atoms with Crippen molar-refractivity contribution in [3.63, 3.8) is 0 Å². The Morgan fingerprint density at radius 3 is 2.00 bits per heavy atom. The molecule has 1 atom stereocenters. The molecule has 1 fully saturated rings. The number of hydrogen-bond acceptors (Lipinski definition) is 4. The third kappa shape index (κ3) is 40.4. The summed E-state index contributed by atoms with van der Waals surface area (Å²) in [4.78, 5) is 36.1. The molecule has 266 valence electrons. The maximum atomic E-state index is 11.4. The summed E-state index contributed by atoms with van der Waals surface area (Å²) >= 11 is 0. The quantitative estimate of drug-likeness (QED) is 0.172. The van der Waals surface area contributed by atoms with Crippen molar-refractivity contribution in [1.29, 1.82) is 0 Å². The van der Waals surface area contributed by atoms with Crippen molar-refractivity contribution < 1.29 is 14.4 Å². The van der Waals surface area contributed by atoms with E-state index in [1.165, 1.54) is 50.5 Å². The molecule has 7 heteroatoms. The van der Waals surface area contributed by atoms with E-state index < -0.39 is 5.91 Å². The van der Waals surface area contributed by atoms with Crippen molar-refractivity contribution >= 4 is 17.7 Å². The predicted octanol–water partition coefficient (Wildman–Crippen LogP) is 7.39. The molecule has 0 saturated heterocycles. The molecule has 0 aliphatic heterocycles. The number of likely N-dealkylation sites (N-methyl/N-ethyl adjacent to an activating group) is 2. The molecule has 2 rings (SSSR count). The normalized spacial score (nSPS) is 12.5. The number of allylic oxidation sites excluding steroid dienone is 2. The van der Waals surface area contributed by atoms with Crippen LogP contribution in [0.1, 0.15) is 110 Å². The van der Waals surface area contributed by atoms with Gasteiger partial charge in [-0.25, -0.2) is 0 Å². The number of terminal acetylenes is 2. The molecular weight excluding hydrogens is 584 g/mol. The van der Waals surface area contributed by atoms with E-state index >= 15 is 0 Å². The Labute approximate surface area is 289 Å². The molecule has 0 radical (unpaired) electrons. The largest absolute Gasteiger partial charge is 0.370 e. The molecule has 0 bridgehead atoms. The summed E-state index contributed by atoms with van der Waals surface area (Å²) in [5, 5.41) is 2.87. The first-order valence-electron chi connectivity index (χ1n) is 17.3. The monoisotopic (exact) mass is 653 g/mol. The van der Waals surface area contributed by atoms with Crippen LogP contribution in [0.5, 0.6) is 0 Å². The highest BCUT2D eigenvalue weighted by atomic mass is 16.2. The van der Waals surface area contributed by atoms with Crippen molar-refractivity contribution in [2.75, 3.05) is 40.8 Å². The fourth-order valence-electron chi connectivity index (χ4n) is 4.37. The molecule has 1 unspecified atom stereocenters. The molecule has 47 heavy (non-hydrogen) atoms. The van der Waals surface area contributed by atoms with Gasteiger partial charge in [-0.1, -0.05) is 100 Å². The molecule has 7 nitrogen and oxygen atoms in total. The summed E-state index contributed by atoms with van der Waals surface area (Å²) in [6.07, 6.45) is 26.6. The van der Waals surface area contributed by atoms with Crippen LogP contribution >= 0.6 is 0 Å². The zero-order valence-corrected chi connectivity index (χ0v) is 31.2. The van der Waals surface area contributed by atoms with Crippen molar-refractivity contribution in [3.8, 4) is 24.7 Å². The van der Waals surface area contributed by atoms with Gasteiger partial charge in [0.1, 0.15) is 0 Å². The molecule has 0 heterocycles. The summed E-state index contributed by atoms with van der Waals surface area (Å²) in [6.45, 7) is 12.3. The lowest BCUT2D eigenvalue weighted by molar-refractivity contribution is -0.132. The van der Waals surface area contributed by atoms with Gasteiger partial charge in [-0.15, -0.1) is 18.8 Å². The summed E-state index contributed by atoms with van der Waals surface area (Å²) in [5.74, 6) is 6.20. The highest BCUT2D eigenvalue weighted by Crippen LogP contribution is 2.22. The molecule has 1 aromatic rings. The van der Waals surface area contributed by atoms with Crippen LogP contribution in [0.15, 0.2) is 42.5 Å². The van der Waals surface area contributed by atoms with Crippen molar-refractivity contribution in [2.45, 2.75) is 112 Å². The van der Waals surface area contributed by atoms with Crippen LogP contribution in [0.4, 0.5) is 0 Å². The Kier molecular flexibility index (Phi) is 35.9.